The lowest BCUT2D eigenvalue weighted by Crippen LogP contribution is -2.54. The van der Waals surface area contributed by atoms with Crippen LogP contribution in [0.3, 0.4) is 0 Å². The van der Waals surface area contributed by atoms with Crippen molar-refractivity contribution in [2.75, 3.05) is 26.2 Å². The molecule has 2 fully saturated rings. The van der Waals surface area contributed by atoms with Gasteiger partial charge in [0.05, 0.1) is 12.2 Å². The summed E-state index contributed by atoms with van der Waals surface area (Å²) in [5.41, 5.74) is 0. The van der Waals surface area contributed by atoms with E-state index in [9.17, 15) is 4.79 Å². The second kappa shape index (κ2) is 4.72. The number of nitrogens with zero attached hydrogens (tertiary/aromatic N) is 1. The van der Waals surface area contributed by atoms with Gasteiger partial charge < -0.3 is 15.0 Å². The van der Waals surface area contributed by atoms with Crippen LogP contribution in [0.5, 0.6) is 0 Å². The van der Waals surface area contributed by atoms with E-state index >= 15 is 0 Å². The molecular formula is C12H22N2O2. The fourth-order valence-electron chi connectivity index (χ4n) is 2.51. The monoisotopic (exact) mass is 226 g/mol. The molecule has 0 aliphatic carbocycles. The highest BCUT2D eigenvalue weighted by atomic mass is 16.5. The lowest BCUT2D eigenvalue weighted by molar-refractivity contribution is -0.149. The number of rotatable bonds is 2. The molecule has 0 spiro atoms. The Kier molecular flexibility index (Phi) is 3.50. The summed E-state index contributed by atoms with van der Waals surface area (Å²) >= 11 is 0. The Labute approximate surface area is 97.3 Å². The highest BCUT2D eigenvalue weighted by molar-refractivity contribution is 5.79. The third kappa shape index (κ3) is 2.38. The van der Waals surface area contributed by atoms with E-state index in [1.807, 2.05) is 18.7 Å². The molecule has 2 heterocycles. The topological polar surface area (TPSA) is 41.6 Å². The molecule has 0 aromatic carbocycles. The zero-order chi connectivity index (χ0) is 11.7. The first-order valence-electron chi connectivity index (χ1n) is 6.23. The van der Waals surface area contributed by atoms with E-state index in [0.717, 1.165) is 26.2 Å². The van der Waals surface area contributed by atoms with Crippen LogP contribution in [0.15, 0.2) is 0 Å². The van der Waals surface area contributed by atoms with Crippen LogP contribution in [0.2, 0.25) is 0 Å². The lowest BCUT2D eigenvalue weighted by Gasteiger charge is -2.39. The molecule has 4 heteroatoms. The number of amides is 1. The highest BCUT2D eigenvalue weighted by Gasteiger charge is 2.34. The van der Waals surface area contributed by atoms with Crippen molar-refractivity contribution in [2.45, 2.75) is 33.0 Å². The third-order valence-corrected chi connectivity index (χ3v) is 3.64. The predicted molar refractivity (Wildman–Crippen MR) is 62.1 cm³/mol. The van der Waals surface area contributed by atoms with Gasteiger partial charge in [-0.25, -0.2) is 0 Å². The maximum atomic E-state index is 12.3. The molecule has 0 aromatic rings. The summed E-state index contributed by atoms with van der Waals surface area (Å²) in [5.74, 6) is 0.980. The van der Waals surface area contributed by atoms with Gasteiger partial charge in [-0.3, -0.25) is 4.79 Å². The Morgan fingerprint density at radius 3 is 2.31 bits per heavy atom. The lowest BCUT2D eigenvalue weighted by atomic mass is 9.87. The van der Waals surface area contributed by atoms with E-state index in [-0.39, 0.29) is 18.1 Å². The largest absolute Gasteiger partial charge is 0.372 e. The van der Waals surface area contributed by atoms with Crippen molar-refractivity contribution < 1.29 is 9.53 Å². The SMILES string of the molecule is CC1CN(C(=O)C(C)C2CNC2)CC(C)O1. The van der Waals surface area contributed by atoms with Crippen LogP contribution in [-0.4, -0.2) is 49.2 Å². The van der Waals surface area contributed by atoms with Gasteiger partial charge in [-0.15, -0.1) is 0 Å². The van der Waals surface area contributed by atoms with E-state index < -0.39 is 0 Å². The van der Waals surface area contributed by atoms with Crippen LogP contribution in [0, 0.1) is 11.8 Å². The molecule has 2 aliphatic rings. The molecular weight excluding hydrogens is 204 g/mol. The minimum absolute atomic E-state index is 0.152. The molecule has 3 atom stereocenters. The van der Waals surface area contributed by atoms with Crippen molar-refractivity contribution in [3.8, 4) is 0 Å². The Morgan fingerprint density at radius 1 is 1.31 bits per heavy atom. The summed E-state index contributed by atoms with van der Waals surface area (Å²) in [5, 5.41) is 3.22. The maximum absolute atomic E-state index is 12.3. The Hall–Kier alpha value is -0.610. The minimum atomic E-state index is 0.152. The smallest absolute Gasteiger partial charge is 0.225 e. The fourth-order valence-corrected chi connectivity index (χ4v) is 2.51. The van der Waals surface area contributed by atoms with Gasteiger partial charge in [0, 0.05) is 19.0 Å². The summed E-state index contributed by atoms with van der Waals surface area (Å²) < 4.78 is 5.64. The number of hydrogen-bond donors (Lipinski definition) is 1. The van der Waals surface area contributed by atoms with Crippen molar-refractivity contribution in [2.24, 2.45) is 11.8 Å². The standard InChI is InChI=1S/C12H22N2O2/c1-8-6-14(7-9(2)16-8)12(15)10(3)11-4-13-5-11/h8-11,13H,4-7H2,1-3H3. The number of carbonyl (C=O) groups excluding carboxylic acids is 1. The summed E-state index contributed by atoms with van der Waals surface area (Å²) in [6.45, 7) is 9.59. The maximum Gasteiger partial charge on any atom is 0.225 e. The molecule has 2 saturated heterocycles. The normalized spacial score (nSPS) is 33.3. The van der Waals surface area contributed by atoms with Crippen molar-refractivity contribution in [3.63, 3.8) is 0 Å². The van der Waals surface area contributed by atoms with Crippen LogP contribution in [-0.2, 0) is 9.53 Å². The summed E-state index contributed by atoms with van der Waals surface area (Å²) in [6.07, 6.45) is 0.332. The van der Waals surface area contributed by atoms with Crippen molar-refractivity contribution >= 4 is 5.91 Å². The molecule has 1 N–H and O–H groups in total. The Balaban J connectivity index is 1.92. The average molecular weight is 226 g/mol. The van der Waals surface area contributed by atoms with E-state index in [1.165, 1.54) is 0 Å². The van der Waals surface area contributed by atoms with E-state index in [2.05, 4.69) is 12.2 Å². The number of ether oxygens (including phenoxy) is 1. The zero-order valence-electron chi connectivity index (χ0n) is 10.4. The number of nitrogens with one attached hydrogen (secondary N) is 1. The van der Waals surface area contributed by atoms with Gasteiger partial charge in [0.1, 0.15) is 0 Å². The Morgan fingerprint density at radius 2 is 1.88 bits per heavy atom. The summed E-state index contributed by atoms with van der Waals surface area (Å²) in [4.78, 5) is 14.2. The second-order valence-electron chi connectivity index (χ2n) is 5.21. The van der Waals surface area contributed by atoms with Crippen LogP contribution in [0.25, 0.3) is 0 Å². The predicted octanol–water partition coefficient (Wildman–Crippen LogP) is 0.478. The molecule has 0 radical (unpaired) electrons. The molecule has 4 nitrogen and oxygen atoms in total. The first-order chi connectivity index (χ1) is 7.58. The van der Waals surface area contributed by atoms with E-state index in [0.29, 0.717) is 11.8 Å². The van der Waals surface area contributed by atoms with Gasteiger partial charge in [0.2, 0.25) is 5.91 Å². The minimum Gasteiger partial charge on any atom is -0.372 e. The van der Waals surface area contributed by atoms with Crippen molar-refractivity contribution in [3.05, 3.63) is 0 Å². The second-order valence-corrected chi connectivity index (χ2v) is 5.21. The van der Waals surface area contributed by atoms with Gasteiger partial charge in [-0.1, -0.05) is 6.92 Å². The molecule has 3 unspecified atom stereocenters. The molecule has 0 aromatic heterocycles. The molecule has 0 bridgehead atoms. The van der Waals surface area contributed by atoms with E-state index in [1.54, 1.807) is 0 Å². The molecule has 1 amide bonds. The molecule has 92 valence electrons. The zero-order valence-corrected chi connectivity index (χ0v) is 10.4. The van der Waals surface area contributed by atoms with Crippen LogP contribution in [0.1, 0.15) is 20.8 Å². The average Bonchev–Trinajstić information content (AvgIpc) is 2.12. The van der Waals surface area contributed by atoms with Crippen LogP contribution >= 0.6 is 0 Å². The third-order valence-electron chi connectivity index (χ3n) is 3.64. The number of carbonyl (C=O) groups is 1. The first kappa shape index (κ1) is 11.9. The summed E-state index contributed by atoms with van der Waals surface area (Å²) in [6, 6.07) is 0. The number of hydrogen-bond acceptors (Lipinski definition) is 3. The van der Waals surface area contributed by atoms with Gasteiger partial charge in [-0.2, -0.15) is 0 Å². The molecule has 2 rings (SSSR count). The van der Waals surface area contributed by atoms with Crippen molar-refractivity contribution in [1.29, 1.82) is 0 Å². The molecule has 2 aliphatic heterocycles. The van der Waals surface area contributed by atoms with Crippen molar-refractivity contribution in [1.82, 2.24) is 10.2 Å². The number of morpholine rings is 1. The van der Waals surface area contributed by atoms with Crippen LogP contribution in [0.4, 0.5) is 0 Å². The Bertz CT molecular complexity index is 256. The van der Waals surface area contributed by atoms with Gasteiger partial charge >= 0.3 is 0 Å². The van der Waals surface area contributed by atoms with Gasteiger partial charge in [-0.05, 0) is 32.9 Å². The summed E-state index contributed by atoms with van der Waals surface area (Å²) in [7, 11) is 0. The molecule has 0 saturated carbocycles. The molecule has 16 heavy (non-hydrogen) atoms. The van der Waals surface area contributed by atoms with Gasteiger partial charge in [0.15, 0.2) is 0 Å². The fraction of sp³-hybridized carbons (Fsp3) is 0.917. The highest BCUT2D eigenvalue weighted by Crippen LogP contribution is 2.21. The van der Waals surface area contributed by atoms with Gasteiger partial charge in [0.25, 0.3) is 0 Å². The quantitative estimate of drug-likeness (QED) is 0.744. The van der Waals surface area contributed by atoms with E-state index in [4.69, 9.17) is 4.74 Å². The first-order valence-corrected chi connectivity index (χ1v) is 6.23. The van der Waals surface area contributed by atoms with Crippen LogP contribution < -0.4 is 5.32 Å².